The largest absolute Gasteiger partial charge is 0.496 e. The topological polar surface area (TPSA) is 48.4 Å². The van der Waals surface area contributed by atoms with Crippen molar-refractivity contribution >= 4 is 21.9 Å². The number of benzene rings is 1. The number of hydrogen-bond acceptors (Lipinski definition) is 4. The Balaban J connectivity index is 2.06. The molecule has 5 heteroatoms. The van der Waals surface area contributed by atoms with Crippen LogP contribution in [0.25, 0.3) is 0 Å². The number of rotatable bonds is 4. The quantitative estimate of drug-likeness (QED) is 0.802. The summed E-state index contributed by atoms with van der Waals surface area (Å²) in [6.45, 7) is 2.01. The van der Waals surface area contributed by atoms with E-state index < -0.39 is 5.97 Å². The molecule has 0 aliphatic carbocycles. The van der Waals surface area contributed by atoms with E-state index in [2.05, 4.69) is 20.9 Å². The first-order valence-corrected chi connectivity index (χ1v) is 6.81. The normalized spacial score (nSPS) is 10.2. The molecule has 1 aromatic carbocycles. The lowest BCUT2D eigenvalue weighted by Gasteiger charge is -2.10. The van der Waals surface area contributed by atoms with Gasteiger partial charge in [0, 0.05) is 21.9 Å². The monoisotopic (exact) mass is 335 g/mol. The third kappa shape index (κ3) is 3.57. The Bertz CT molecular complexity index is 611. The fourth-order valence-corrected chi connectivity index (χ4v) is 2.08. The van der Waals surface area contributed by atoms with Gasteiger partial charge in [-0.15, -0.1) is 0 Å². The van der Waals surface area contributed by atoms with Gasteiger partial charge in [-0.05, 0) is 37.3 Å². The molecule has 0 bridgehead atoms. The van der Waals surface area contributed by atoms with Crippen LogP contribution in [0.1, 0.15) is 21.6 Å². The number of halogens is 1. The van der Waals surface area contributed by atoms with E-state index in [4.69, 9.17) is 9.47 Å². The number of pyridine rings is 1. The van der Waals surface area contributed by atoms with Crippen LogP contribution in [0.2, 0.25) is 0 Å². The molecule has 20 heavy (non-hydrogen) atoms. The molecule has 0 radical (unpaired) electrons. The molecule has 0 atom stereocenters. The lowest BCUT2D eigenvalue weighted by molar-refractivity contribution is 0.0469. The van der Waals surface area contributed by atoms with E-state index >= 15 is 0 Å². The fraction of sp³-hybridized carbons (Fsp3) is 0.200. The highest BCUT2D eigenvalue weighted by Gasteiger charge is 2.10. The zero-order chi connectivity index (χ0) is 14.5. The Kier molecular flexibility index (Phi) is 4.74. The fourth-order valence-electron chi connectivity index (χ4n) is 1.68. The molecular formula is C15H14BrNO3. The van der Waals surface area contributed by atoms with Crippen LogP contribution in [0.3, 0.4) is 0 Å². The van der Waals surface area contributed by atoms with Gasteiger partial charge in [-0.2, -0.15) is 0 Å². The highest BCUT2D eigenvalue weighted by molar-refractivity contribution is 9.10. The number of esters is 1. The highest BCUT2D eigenvalue weighted by atomic mass is 79.9. The first-order chi connectivity index (χ1) is 9.60. The predicted octanol–water partition coefficient (Wildman–Crippen LogP) is 3.52. The Morgan fingerprint density at radius 2 is 2.10 bits per heavy atom. The molecule has 0 aliphatic rings. The van der Waals surface area contributed by atoms with Crippen molar-refractivity contribution in [2.75, 3.05) is 7.11 Å². The Hall–Kier alpha value is -1.88. The van der Waals surface area contributed by atoms with Crippen molar-refractivity contribution < 1.29 is 14.3 Å². The maximum absolute atomic E-state index is 11.9. The van der Waals surface area contributed by atoms with Gasteiger partial charge in [0.25, 0.3) is 0 Å². The molecule has 1 aromatic heterocycles. The smallest absolute Gasteiger partial charge is 0.340 e. The Morgan fingerprint density at radius 3 is 2.75 bits per heavy atom. The van der Waals surface area contributed by atoms with Gasteiger partial charge < -0.3 is 9.47 Å². The number of carbonyl (C=O) groups is 1. The molecule has 0 saturated carbocycles. The summed E-state index contributed by atoms with van der Waals surface area (Å²) in [5, 5.41) is 0. The Labute approximate surface area is 125 Å². The second kappa shape index (κ2) is 6.52. The minimum absolute atomic E-state index is 0.148. The summed E-state index contributed by atoms with van der Waals surface area (Å²) < 4.78 is 11.4. The van der Waals surface area contributed by atoms with Crippen LogP contribution in [0, 0.1) is 6.92 Å². The van der Waals surface area contributed by atoms with E-state index in [1.54, 1.807) is 19.2 Å². The van der Waals surface area contributed by atoms with Crippen molar-refractivity contribution in [1.82, 2.24) is 4.98 Å². The summed E-state index contributed by atoms with van der Waals surface area (Å²) in [5.41, 5.74) is 2.09. The van der Waals surface area contributed by atoms with Gasteiger partial charge in [0.05, 0.1) is 12.7 Å². The molecule has 104 valence electrons. The summed E-state index contributed by atoms with van der Waals surface area (Å²) in [6.07, 6.45) is 1.51. The summed E-state index contributed by atoms with van der Waals surface area (Å²) in [4.78, 5) is 16.0. The first-order valence-electron chi connectivity index (χ1n) is 6.02. The molecule has 0 amide bonds. The number of aromatic nitrogens is 1. The van der Waals surface area contributed by atoms with Crippen molar-refractivity contribution in [2.24, 2.45) is 0 Å². The first kappa shape index (κ1) is 14.5. The maximum Gasteiger partial charge on any atom is 0.340 e. The van der Waals surface area contributed by atoms with Crippen LogP contribution in [-0.2, 0) is 11.3 Å². The zero-order valence-electron chi connectivity index (χ0n) is 11.2. The lowest BCUT2D eigenvalue weighted by atomic mass is 10.2. The SMILES string of the molecule is COc1ccc(Br)cc1COC(=O)c1ccc(C)nc1. The van der Waals surface area contributed by atoms with Gasteiger partial charge >= 0.3 is 5.97 Å². The number of carbonyl (C=O) groups excluding carboxylic acids is 1. The lowest BCUT2D eigenvalue weighted by Crippen LogP contribution is -2.06. The minimum atomic E-state index is -0.403. The van der Waals surface area contributed by atoms with Gasteiger partial charge in [0.1, 0.15) is 12.4 Å². The standard InChI is InChI=1S/C15H14BrNO3/c1-10-3-4-11(8-17-10)15(18)20-9-12-7-13(16)5-6-14(12)19-2/h3-8H,9H2,1-2H3. The number of nitrogens with zero attached hydrogens (tertiary/aromatic N) is 1. The van der Waals surface area contributed by atoms with Gasteiger partial charge in [-0.3, -0.25) is 4.98 Å². The van der Waals surface area contributed by atoms with Gasteiger partial charge in [0.15, 0.2) is 0 Å². The molecule has 0 fully saturated rings. The molecular weight excluding hydrogens is 322 g/mol. The van der Waals surface area contributed by atoms with E-state index in [1.807, 2.05) is 25.1 Å². The number of ether oxygens (including phenoxy) is 2. The van der Waals surface area contributed by atoms with Crippen molar-refractivity contribution in [2.45, 2.75) is 13.5 Å². The van der Waals surface area contributed by atoms with E-state index in [1.165, 1.54) is 6.20 Å². The zero-order valence-corrected chi connectivity index (χ0v) is 12.8. The second-order valence-corrected chi connectivity index (χ2v) is 5.14. The van der Waals surface area contributed by atoms with Crippen molar-refractivity contribution in [3.8, 4) is 5.75 Å². The number of aryl methyl sites for hydroxylation is 1. The van der Waals surface area contributed by atoms with Crippen LogP contribution in [0.5, 0.6) is 5.75 Å². The van der Waals surface area contributed by atoms with Crippen molar-refractivity contribution in [1.29, 1.82) is 0 Å². The average molecular weight is 336 g/mol. The van der Waals surface area contributed by atoms with Crippen LogP contribution >= 0.6 is 15.9 Å². The van der Waals surface area contributed by atoms with Gasteiger partial charge in [-0.1, -0.05) is 15.9 Å². The third-order valence-electron chi connectivity index (χ3n) is 2.75. The molecule has 0 aliphatic heterocycles. The number of methoxy groups -OCH3 is 1. The number of hydrogen-bond donors (Lipinski definition) is 0. The van der Waals surface area contributed by atoms with E-state index in [0.717, 1.165) is 15.7 Å². The minimum Gasteiger partial charge on any atom is -0.496 e. The summed E-state index contributed by atoms with van der Waals surface area (Å²) >= 11 is 3.38. The van der Waals surface area contributed by atoms with Crippen molar-refractivity contribution in [3.05, 3.63) is 57.8 Å². The molecule has 4 nitrogen and oxygen atoms in total. The second-order valence-electron chi connectivity index (χ2n) is 4.22. The van der Waals surface area contributed by atoms with E-state index in [9.17, 15) is 4.79 Å². The Morgan fingerprint density at radius 1 is 1.30 bits per heavy atom. The molecule has 0 unspecified atom stereocenters. The van der Waals surface area contributed by atoms with Crippen LogP contribution in [0.4, 0.5) is 0 Å². The third-order valence-corrected chi connectivity index (χ3v) is 3.24. The molecule has 2 aromatic rings. The van der Waals surface area contributed by atoms with Crippen LogP contribution in [-0.4, -0.2) is 18.1 Å². The van der Waals surface area contributed by atoms with E-state index in [0.29, 0.717) is 11.3 Å². The average Bonchev–Trinajstić information content (AvgIpc) is 2.45. The van der Waals surface area contributed by atoms with Crippen LogP contribution in [0.15, 0.2) is 41.0 Å². The van der Waals surface area contributed by atoms with Crippen molar-refractivity contribution in [3.63, 3.8) is 0 Å². The summed E-state index contributed by atoms with van der Waals surface area (Å²) in [6, 6.07) is 9.02. The molecule has 0 saturated heterocycles. The molecule has 0 N–H and O–H groups in total. The van der Waals surface area contributed by atoms with Gasteiger partial charge in [-0.25, -0.2) is 4.79 Å². The predicted molar refractivity (Wildman–Crippen MR) is 78.8 cm³/mol. The maximum atomic E-state index is 11.9. The van der Waals surface area contributed by atoms with Gasteiger partial charge in [0.2, 0.25) is 0 Å². The van der Waals surface area contributed by atoms with Crippen LogP contribution < -0.4 is 4.74 Å². The molecule has 1 heterocycles. The molecule has 2 rings (SSSR count). The van der Waals surface area contributed by atoms with E-state index in [-0.39, 0.29) is 6.61 Å². The summed E-state index contributed by atoms with van der Waals surface area (Å²) in [5.74, 6) is 0.280. The molecule has 0 spiro atoms. The summed E-state index contributed by atoms with van der Waals surface area (Å²) in [7, 11) is 1.58. The highest BCUT2D eigenvalue weighted by Crippen LogP contribution is 2.23.